The number of nitrogens with one attached hydrogen (secondary N) is 2. The summed E-state index contributed by atoms with van der Waals surface area (Å²) in [6.45, 7) is 4.22. The molecule has 6 heteroatoms. The van der Waals surface area contributed by atoms with Crippen LogP contribution in [0.3, 0.4) is 0 Å². The molecule has 0 aromatic heterocycles. The van der Waals surface area contributed by atoms with E-state index in [2.05, 4.69) is 10.6 Å². The Morgan fingerprint density at radius 3 is 3.05 bits per heavy atom. The van der Waals surface area contributed by atoms with E-state index in [0.717, 1.165) is 19.5 Å². The van der Waals surface area contributed by atoms with Gasteiger partial charge in [0.05, 0.1) is 19.6 Å². The first-order valence-electron chi connectivity index (χ1n) is 7.60. The highest BCUT2D eigenvalue weighted by atomic mass is 16.5. The van der Waals surface area contributed by atoms with Crippen molar-refractivity contribution < 1.29 is 14.3 Å². The second-order valence-electron chi connectivity index (χ2n) is 5.32. The molecule has 2 N–H and O–H groups in total. The second-order valence-corrected chi connectivity index (χ2v) is 5.32. The second kappa shape index (κ2) is 7.79. The third-order valence-electron chi connectivity index (χ3n) is 3.62. The topological polar surface area (TPSA) is 70.7 Å². The number of benzene rings is 1. The van der Waals surface area contributed by atoms with Crippen molar-refractivity contribution in [1.82, 2.24) is 10.2 Å². The van der Waals surface area contributed by atoms with E-state index in [1.54, 1.807) is 25.3 Å². The molecular formula is C16H23N3O3. The average Bonchev–Trinajstić information content (AvgIpc) is 2.51. The summed E-state index contributed by atoms with van der Waals surface area (Å²) in [5, 5.41) is 5.92. The van der Waals surface area contributed by atoms with Crippen molar-refractivity contribution in [2.45, 2.75) is 25.8 Å². The van der Waals surface area contributed by atoms with Gasteiger partial charge >= 0.3 is 0 Å². The van der Waals surface area contributed by atoms with Gasteiger partial charge in [0.25, 0.3) is 0 Å². The number of rotatable bonds is 6. The predicted molar refractivity (Wildman–Crippen MR) is 84.9 cm³/mol. The van der Waals surface area contributed by atoms with Crippen LogP contribution in [0.2, 0.25) is 0 Å². The summed E-state index contributed by atoms with van der Waals surface area (Å²) in [6, 6.07) is 6.72. The number of hydrogen-bond donors (Lipinski definition) is 2. The Morgan fingerprint density at radius 1 is 1.50 bits per heavy atom. The van der Waals surface area contributed by atoms with Crippen LogP contribution in [0.4, 0.5) is 5.69 Å². The zero-order valence-corrected chi connectivity index (χ0v) is 13.1. The molecule has 6 nitrogen and oxygen atoms in total. The molecule has 1 fully saturated rings. The number of methoxy groups -OCH3 is 1. The molecule has 2 rings (SSSR count). The molecule has 0 radical (unpaired) electrons. The van der Waals surface area contributed by atoms with Crippen molar-refractivity contribution in [1.29, 1.82) is 0 Å². The Labute approximate surface area is 130 Å². The maximum absolute atomic E-state index is 12.3. The first kappa shape index (κ1) is 16.3. The number of carbonyl (C=O) groups is 2. The molecule has 1 saturated heterocycles. The van der Waals surface area contributed by atoms with Gasteiger partial charge in [0, 0.05) is 31.4 Å². The van der Waals surface area contributed by atoms with Crippen LogP contribution in [0.25, 0.3) is 0 Å². The number of anilines is 1. The molecule has 1 aliphatic heterocycles. The van der Waals surface area contributed by atoms with E-state index in [1.165, 1.54) is 0 Å². The standard InChI is InChI=1S/C16H23N3O3/c1-3-8-19-9-7-17-14(16(19)21)11-15(20)18-12-5-4-6-13(10-12)22-2/h4-6,10,14,17H,3,7-9,11H2,1-2H3,(H,18,20). The van der Waals surface area contributed by atoms with Gasteiger partial charge in [-0.3, -0.25) is 9.59 Å². The van der Waals surface area contributed by atoms with E-state index < -0.39 is 6.04 Å². The number of piperazine rings is 1. The number of hydrogen-bond acceptors (Lipinski definition) is 4. The molecule has 1 heterocycles. The SMILES string of the molecule is CCCN1CCNC(CC(=O)Nc2cccc(OC)c2)C1=O. The molecule has 0 aliphatic carbocycles. The quantitative estimate of drug-likeness (QED) is 0.829. The fourth-order valence-electron chi connectivity index (χ4n) is 2.54. The van der Waals surface area contributed by atoms with E-state index in [4.69, 9.17) is 4.74 Å². The van der Waals surface area contributed by atoms with E-state index in [0.29, 0.717) is 18.0 Å². The minimum absolute atomic E-state index is 0.00823. The maximum atomic E-state index is 12.3. The van der Waals surface area contributed by atoms with Gasteiger partial charge < -0.3 is 20.3 Å². The zero-order chi connectivity index (χ0) is 15.9. The van der Waals surface area contributed by atoms with Crippen LogP contribution in [-0.4, -0.2) is 49.5 Å². The van der Waals surface area contributed by atoms with Gasteiger partial charge in [-0.05, 0) is 18.6 Å². The summed E-state index contributed by atoms with van der Waals surface area (Å²) in [5.74, 6) is 0.505. The van der Waals surface area contributed by atoms with Crippen LogP contribution < -0.4 is 15.4 Å². The van der Waals surface area contributed by atoms with Crippen molar-refractivity contribution >= 4 is 17.5 Å². The molecule has 1 unspecified atom stereocenters. The molecule has 120 valence electrons. The molecule has 0 bridgehead atoms. The average molecular weight is 305 g/mol. The summed E-state index contributed by atoms with van der Waals surface area (Å²) in [5.41, 5.74) is 0.665. The van der Waals surface area contributed by atoms with Crippen LogP contribution in [0, 0.1) is 0 Å². The number of amides is 2. The normalized spacial score (nSPS) is 18.2. The fourth-order valence-corrected chi connectivity index (χ4v) is 2.54. The highest BCUT2D eigenvalue weighted by Gasteiger charge is 2.29. The predicted octanol–water partition coefficient (Wildman–Crippen LogP) is 1.23. The van der Waals surface area contributed by atoms with Gasteiger partial charge in [-0.2, -0.15) is 0 Å². The zero-order valence-electron chi connectivity index (χ0n) is 13.1. The van der Waals surface area contributed by atoms with E-state index >= 15 is 0 Å². The molecule has 2 amide bonds. The van der Waals surface area contributed by atoms with Crippen LogP contribution in [0.5, 0.6) is 5.75 Å². The summed E-state index contributed by atoms with van der Waals surface area (Å²) in [6.07, 6.45) is 1.06. The van der Waals surface area contributed by atoms with Crippen LogP contribution in [-0.2, 0) is 9.59 Å². The van der Waals surface area contributed by atoms with Crippen molar-refractivity contribution in [2.75, 3.05) is 32.1 Å². The van der Waals surface area contributed by atoms with Crippen LogP contribution in [0.15, 0.2) is 24.3 Å². The summed E-state index contributed by atoms with van der Waals surface area (Å²) < 4.78 is 5.12. The van der Waals surface area contributed by atoms with E-state index in [-0.39, 0.29) is 18.2 Å². The van der Waals surface area contributed by atoms with Gasteiger partial charge in [-0.1, -0.05) is 13.0 Å². The Bertz CT molecular complexity index is 531. The Kier molecular flexibility index (Phi) is 5.77. The summed E-state index contributed by atoms with van der Waals surface area (Å²) >= 11 is 0. The lowest BCUT2D eigenvalue weighted by molar-refractivity contribution is -0.137. The van der Waals surface area contributed by atoms with E-state index in [9.17, 15) is 9.59 Å². The maximum Gasteiger partial charge on any atom is 0.240 e. The van der Waals surface area contributed by atoms with Crippen molar-refractivity contribution in [3.05, 3.63) is 24.3 Å². The first-order chi connectivity index (χ1) is 10.6. The summed E-state index contributed by atoms with van der Waals surface area (Å²) in [4.78, 5) is 26.2. The molecular weight excluding hydrogens is 282 g/mol. The minimum atomic E-state index is -0.439. The highest BCUT2D eigenvalue weighted by molar-refractivity contribution is 5.95. The van der Waals surface area contributed by atoms with Crippen molar-refractivity contribution in [2.24, 2.45) is 0 Å². The highest BCUT2D eigenvalue weighted by Crippen LogP contribution is 2.17. The van der Waals surface area contributed by atoms with Gasteiger partial charge in [-0.25, -0.2) is 0 Å². The third kappa shape index (κ3) is 4.21. The Balaban J connectivity index is 1.92. The minimum Gasteiger partial charge on any atom is -0.497 e. The molecule has 0 saturated carbocycles. The van der Waals surface area contributed by atoms with E-state index in [1.807, 2.05) is 17.9 Å². The Hall–Kier alpha value is -2.08. The van der Waals surface area contributed by atoms with Crippen LogP contribution in [0.1, 0.15) is 19.8 Å². The van der Waals surface area contributed by atoms with Crippen molar-refractivity contribution in [3.63, 3.8) is 0 Å². The smallest absolute Gasteiger partial charge is 0.240 e. The van der Waals surface area contributed by atoms with Gasteiger partial charge in [0.1, 0.15) is 5.75 Å². The monoisotopic (exact) mass is 305 g/mol. The molecule has 1 atom stereocenters. The number of ether oxygens (including phenoxy) is 1. The lowest BCUT2D eigenvalue weighted by Gasteiger charge is -2.32. The van der Waals surface area contributed by atoms with Crippen LogP contribution >= 0.6 is 0 Å². The third-order valence-corrected chi connectivity index (χ3v) is 3.62. The Morgan fingerprint density at radius 2 is 2.32 bits per heavy atom. The molecule has 1 aliphatic rings. The lowest BCUT2D eigenvalue weighted by Crippen LogP contribution is -2.56. The van der Waals surface area contributed by atoms with Crippen molar-refractivity contribution in [3.8, 4) is 5.75 Å². The molecule has 22 heavy (non-hydrogen) atoms. The summed E-state index contributed by atoms with van der Waals surface area (Å²) in [7, 11) is 1.58. The van der Waals surface area contributed by atoms with Gasteiger partial charge in [0.2, 0.25) is 11.8 Å². The molecule has 0 spiro atoms. The van der Waals surface area contributed by atoms with Gasteiger partial charge in [-0.15, -0.1) is 0 Å². The first-order valence-corrected chi connectivity index (χ1v) is 7.60. The fraction of sp³-hybridized carbons (Fsp3) is 0.500. The molecule has 1 aromatic carbocycles. The van der Waals surface area contributed by atoms with Gasteiger partial charge in [0.15, 0.2) is 0 Å². The number of nitrogens with zero attached hydrogens (tertiary/aromatic N) is 1. The lowest BCUT2D eigenvalue weighted by atomic mass is 10.1. The molecule has 1 aromatic rings. The number of carbonyl (C=O) groups excluding carboxylic acids is 2. The largest absolute Gasteiger partial charge is 0.497 e.